The van der Waals surface area contributed by atoms with Crippen molar-refractivity contribution in [2.45, 2.75) is 6.92 Å². The third kappa shape index (κ3) is 5.62. The van der Waals surface area contributed by atoms with Crippen molar-refractivity contribution in [1.82, 2.24) is 4.90 Å². The first kappa shape index (κ1) is 17.3. The molecule has 0 amide bonds. The lowest BCUT2D eigenvalue weighted by Gasteiger charge is -2.26. The molecule has 17 heavy (non-hydrogen) atoms. The third-order valence-corrected chi connectivity index (χ3v) is 6.02. The fourth-order valence-electron chi connectivity index (χ4n) is 1.11. The quantitative estimate of drug-likeness (QED) is 0.602. The summed E-state index contributed by atoms with van der Waals surface area (Å²) >= 11 is 0. The summed E-state index contributed by atoms with van der Waals surface area (Å²) in [6.45, 7) is 2.36. The van der Waals surface area contributed by atoms with E-state index in [4.69, 9.17) is 18.1 Å². The summed E-state index contributed by atoms with van der Waals surface area (Å²) in [5.74, 6) is 0. The van der Waals surface area contributed by atoms with Gasteiger partial charge in [-0.1, -0.05) is 6.92 Å². The molecule has 0 saturated heterocycles. The van der Waals surface area contributed by atoms with Gasteiger partial charge in [0.2, 0.25) is 0 Å². The highest BCUT2D eigenvalue weighted by atomic mass is 31.2. The van der Waals surface area contributed by atoms with Gasteiger partial charge in [-0.2, -0.15) is 0 Å². The van der Waals surface area contributed by atoms with Crippen LogP contribution in [0.5, 0.6) is 0 Å². The average Bonchev–Trinajstić information content (AvgIpc) is 2.37. The van der Waals surface area contributed by atoms with Gasteiger partial charge in [0.05, 0.1) is 0 Å². The van der Waals surface area contributed by atoms with Crippen LogP contribution in [-0.2, 0) is 27.2 Å². The van der Waals surface area contributed by atoms with Crippen LogP contribution in [0.15, 0.2) is 0 Å². The van der Waals surface area contributed by atoms with Crippen molar-refractivity contribution >= 4 is 15.2 Å². The lowest BCUT2D eigenvalue weighted by atomic mass is 10.7. The first-order valence-electron chi connectivity index (χ1n) is 5.02. The molecule has 0 saturated carbocycles. The standard InChI is InChI=1S/C8H21NO6P2/c1-6-9(7-16(10,12-2)13-3)8-17(11,14-4)15-5/h6-8H2,1-5H3. The topological polar surface area (TPSA) is 74.3 Å². The second-order valence-corrected chi connectivity index (χ2v) is 7.69. The van der Waals surface area contributed by atoms with E-state index < -0.39 is 15.2 Å². The van der Waals surface area contributed by atoms with Crippen LogP contribution in [0.4, 0.5) is 0 Å². The average molecular weight is 289 g/mol. The van der Waals surface area contributed by atoms with Gasteiger partial charge in [0.25, 0.3) is 0 Å². The maximum absolute atomic E-state index is 11.9. The molecule has 0 unspecified atom stereocenters. The zero-order valence-corrected chi connectivity index (χ0v) is 12.7. The predicted molar refractivity (Wildman–Crippen MR) is 65.4 cm³/mol. The van der Waals surface area contributed by atoms with E-state index in [-0.39, 0.29) is 12.6 Å². The third-order valence-electron chi connectivity index (χ3n) is 2.31. The fraction of sp³-hybridized carbons (Fsp3) is 1.00. The van der Waals surface area contributed by atoms with E-state index >= 15 is 0 Å². The first-order chi connectivity index (χ1) is 7.88. The number of hydrogen-bond acceptors (Lipinski definition) is 7. The Labute approximate surface area is 102 Å². The Hall–Kier alpha value is 0.260. The molecule has 0 aromatic carbocycles. The van der Waals surface area contributed by atoms with Crippen molar-refractivity contribution in [1.29, 1.82) is 0 Å². The van der Waals surface area contributed by atoms with Gasteiger partial charge in [-0.25, -0.2) is 0 Å². The van der Waals surface area contributed by atoms with E-state index in [0.717, 1.165) is 0 Å². The summed E-state index contributed by atoms with van der Waals surface area (Å²) in [6, 6.07) is 0. The molecule has 0 atom stereocenters. The molecule has 0 rings (SSSR count). The van der Waals surface area contributed by atoms with E-state index in [0.29, 0.717) is 6.54 Å². The van der Waals surface area contributed by atoms with Crippen LogP contribution in [0.25, 0.3) is 0 Å². The summed E-state index contributed by atoms with van der Waals surface area (Å²) < 4.78 is 43.1. The molecule has 0 bridgehead atoms. The SMILES string of the molecule is CCN(CP(=O)(OC)OC)CP(=O)(OC)OC. The van der Waals surface area contributed by atoms with Crippen molar-refractivity contribution in [2.75, 3.05) is 47.6 Å². The molecule has 104 valence electrons. The van der Waals surface area contributed by atoms with Gasteiger partial charge < -0.3 is 18.1 Å². The number of hydrogen-bond donors (Lipinski definition) is 0. The van der Waals surface area contributed by atoms with Crippen LogP contribution < -0.4 is 0 Å². The van der Waals surface area contributed by atoms with E-state index in [1.807, 2.05) is 6.92 Å². The van der Waals surface area contributed by atoms with Crippen LogP contribution >= 0.6 is 15.2 Å². The Morgan fingerprint density at radius 2 is 1.12 bits per heavy atom. The summed E-state index contributed by atoms with van der Waals surface area (Å²) in [6.07, 6.45) is 0.0699. The van der Waals surface area contributed by atoms with E-state index in [1.54, 1.807) is 4.90 Å². The van der Waals surface area contributed by atoms with Gasteiger partial charge in [-0.05, 0) is 6.54 Å². The molecule has 0 aliphatic heterocycles. The molecule has 0 heterocycles. The number of nitrogens with zero attached hydrogens (tertiary/aromatic N) is 1. The van der Waals surface area contributed by atoms with Crippen LogP contribution in [0.1, 0.15) is 6.92 Å². The Bertz CT molecular complexity index is 266. The monoisotopic (exact) mass is 289 g/mol. The van der Waals surface area contributed by atoms with Crippen LogP contribution in [0, 0.1) is 0 Å². The summed E-state index contributed by atoms with van der Waals surface area (Å²) in [5, 5.41) is 0. The number of rotatable bonds is 9. The molecular formula is C8H21NO6P2. The fourth-order valence-corrected chi connectivity index (χ4v) is 3.61. The molecule has 0 fully saturated rings. The summed E-state index contributed by atoms with van der Waals surface area (Å²) in [5.41, 5.74) is 0. The van der Waals surface area contributed by atoms with Gasteiger partial charge >= 0.3 is 15.2 Å². The van der Waals surface area contributed by atoms with Crippen molar-refractivity contribution in [3.05, 3.63) is 0 Å². The highest BCUT2D eigenvalue weighted by Gasteiger charge is 2.30. The maximum atomic E-state index is 11.9. The zero-order valence-electron chi connectivity index (χ0n) is 10.9. The predicted octanol–water partition coefficient (Wildman–Crippen LogP) is 2.20. The van der Waals surface area contributed by atoms with Gasteiger partial charge in [-0.15, -0.1) is 0 Å². The Balaban J connectivity index is 4.65. The molecule has 0 spiro atoms. The molecule has 0 aromatic rings. The van der Waals surface area contributed by atoms with E-state index in [9.17, 15) is 9.13 Å². The smallest absolute Gasteiger partial charge is 0.311 e. The van der Waals surface area contributed by atoms with Gasteiger partial charge in [0, 0.05) is 28.4 Å². The first-order valence-corrected chi connectivity index (χ1v) is 8.47. The largest absolute Gasteiger partial charge is 0.344 e. The van der Waals surface area contributed by atoms with E-state index in [1.165, 1.54) is 28.4 Å². The minimum atomic E-state index is -3.17. The lowest BCUT2D eigenvalue weighted by Crippen LogP contribution is -2.27. The molecule has 9 heteroatoms. The van der Waals surface area contributed by atoms with Gasteiger partial charge in [0.15, 0.2) is 0 Å². The Kier molecular flexibility index (Phi) is 7.76. The van der Waals surface area contributed by atoms with Gasteiger partial charge in [0.1, 0.15) is 12.6 Å². The van der Waals surface area contributed by atoms with Crippen LogP contribution in [-0.4, -0.2) is 52.5 Å². The summed E-state index contributed by atoms with van der Waals surface area (Å²) in [4.78, 5) is 1.64. The zero-order chi connectivity index (χ0) is 13.5. The summed E-state index contributed by atoms with van der Waals surface area (Å²) in [7, 11) is -1.09. The van der Waals surface area contributed by atoms with Crippen molar-refractivity contribution in [2.24, 2.45) is 0 Å². The molecule has 0 radical (unpaired) electrons. The Morgan fingerprint density at radius 1 is 0.824 bits per heavy atom. The lowest BCUT2D eigenvalue weighted by molar-refractivity contribution is 0.227. The second-order valence-electron chi connectivity index (χ2n) is 3.22. The van der Waals surface area contributed by atoms with Crippen molar-refractivity contribution in [3.63, 3.8) is 0 Å². The Morgan fingerprint density at radius 3 is 1.29 bits per heavy atom. The molecule has 0 aromatic heterocycles. The highest BCUT2D eigenvalue weighted by molar-refractivity contribution is 7.54. The van der Waals surface area contributed by atoms with E-state index in [2.05, 4.69) is 0 Å². The molecular weight excluding hydrogens is 268 g/mol. The maximum Gasteiger partial charge on any atom is 0.344 e. The minimum absolute atomic E-state index is 0.0349. The molecule has 0 aliphatic carbocycles. The van der Waals surface area contributed by atoms with Crippen LogP contribution in [0.3, 0.4) is 0 Å². The molecule has 0 aliphatic rings. The normalized spacial score (nSPS) is 13.3. The molecule has 0 N–H and O–H groups in total. The van der Waals surface area contributed by atoms with Crippen molar-refractivity contribution in [3.8, 4) is 0 Å². The van der Waals surface area contributed by atoms with Crippen molar-refractivity contribution < 1.29 is 27.2 Å². The minimum Gasteiger partial charge on any atom is -0.311 e. The van der Waals surface area contributed by atoms with Gasteiger partial charge in [-0.3, -0.25) is 14.0 Å². The highest BCUT2D eigenvalue weighted by Crippen LogP contribution is 2.51. The molecule has 7 nitrogen and oxygen atoms in total. The van der Waals surface area contributed by atoms with Crippen LogP contribution in [0.2, 0.25) is 0 Å². The second kappa shape index (κ2) is 7.64.